The van der Waals surface area contributed by atoms with E-state index in [4.69, 9.17) is 9.47 Å². The van der Waals surface area contributed by atoms with Gasteiger partial charge in [0.1, 0.15) is 17.5 Å². The summed E-state index contributed by atoms with van der Waals surface area (Å²) in [6.07, 6.45) is 4.47. The molecule has 0 fully saturated rings. The maximum absolute atomic E-state index is 12.8. The summed E-state index contributed by atoms with van der Waals surface area (Å²) in [5, 5.41) is 0.680. The number of hydrogen-bond donors (Lipinski definition) is 0. The van der Waals surface area contributed by atoms with Gasteiger partial charge >= 0.3 is 5.97 Å². The average molecular weight is 336 g/mol. The van der Waals surface area contributed by atoms with E-state index in [2.05, 4.69) is 4.98 Å². The third-order valence-electron chi connectivity index (χ3n) is 4.08. The predicted octanol–water partition coefficient (Wildman–Crippen LogP) is 2.09. The molecule has 0 aromatic carbocycles. The molecule has 0 bridgehead atoms. The van der Waals surface area contributed by atoms with Crippen molar-refractivity contribution in [2.45, 2.75) is 39.2 Å². The molecule has 1 atom stereocenters. The van der Waals surface area contributed by atoms with Gasteiger partial charge in [-0.3, -0.25) is 9.36 Å². The van der Waals surface area contributed by atoms with Crippen molar-refractivity contribution in [3.8, 4) is 0 Å². The Hall–Kier alpha value is -1.73. The van der Waals surface area contributed by atoms with Gasteiger partial charge in [-0.05, 0) is 38.7 Å². The Kier molecular flexibility index (Phi) is 4.77. The summed E-state index contributed by atoms with van der Waals surface area (Å²) < 4.78 is 11.7. The van der Waals surface area contributed by atoms with Gasteiger partial charge in [-0.1, -0.05) is 0 Å². The van der Waals surface area contributed by atoms with Gasteiger partial charge < -0.3 is 9.47 Å². The molecule has 2 aromatic rings. The number of nitrogens with zero attached hydrogens (tertiary/aromatic N) is 2. The Morgan fingerprint density at radius 2 is 2.26 bits per heavy atom. The van der Waals surface area contributed by atoms with Gasteiger partial charge in [0.25, 0.3) is 5.56 Å². The minimum Gasteiger partial charge on any atom is -0.462 e. The zero-order valence-electron chi connectivity index (χ0n) is 13.3. The highest BCUT2D eigenvalue weighted by molar-refractivity contribution is 7.18. The zero-order valence-corrected chi connectivity index (χ0v) is 14.1. The van der Waals surface area contributed by atoms with Gasteiger partial charge in [-0.2, -0.15) is 0 Å². The number of thiophene rings is 1. The molecule has 3 rings (SSSR count). The maximum atomic E-state index is 12.8. The molecule has 0 N–H and O–H groups in total. The molecule has 1 unspecified atom stereocenters. The van der Waals surface area contributed by atoms with E-state index in [0.29, 0.717) is 18.6 Å². The second-order valence-electron chi connectivity index (χ2n) is 5.53. The average Bonchev–Trinajstić information content (AvgIpc) is 3.11. The van der Waals surface area contributed by atoms with Gasteiger partial charge in [-0.15, -0.1) is 11.3 Å². The number of aromatic nitrogens is 2. The topological polar surface area (TPSA) is 70.4 Å². The van der Waals surface area contributed by atoms with E-state index in [0.717, 1.165) is 29.7 Å². The fraction of sp³-hybridized carbons (Fsp3) is 0.562. The van der Waals surface area contributed by atoms with Crippen molar-refractivity contribution >= 4 is 27.5 Å². The third kappa shape index (κ3) is 3.03. The first kappa shape index (κ1) is 16.1. The van der Waals surface area contributed by atoms with Crippen LogP contribution < -0.4 is 5.56 Å². The molecule has 2 heterocycles. The monoisotopic (exact) mass is 336 g/mol. The summed E-state index contributed by atoms with van der Waals surface area (Å²) >= 11 is 1.59. The van der Waals surface area contributed by atoms with Gasteiger partial charge in [0, 0.05) is 11.5 Å². The van der Waals surface area contributed by atoms with Gasteiger partial charge in [0.15, 0.2) is 0 Å². The van der Waals surface area contributed by atoms with E-state index in [9.17, 15) is 9.59 Å². The molecule has 1 aliphatic rings. The number of carbonyl (C=O) groups is 1. The van der Waals surface area contributed by atoms with Crippen LogP contribution in [0.2, 0.25) is 0 Å². The van der Waals surface area contributed by atoms with Crippen LogP contribution in [0.4, 0.5) is 0 Å². The van der Waals surface area contributed by atoms with Gasteiger partial charge in [-0.25, -0.2) is 9.78 Å². The first-order valence-electron chi connectivity index (χ1n) is 7.89. The third-order valence-corrected chi connectivity index (χ3v) is 5.28. The van der Waals surface area contributed by atoms with E-state index in [1.807, 2.05) is 6.92 Å². The first-order valence-corrected chi connectivity index (χ1v) is 8.71. The molecule has 0 amide bonds. The number of carbonyl (C=O) groups excluding carboxylic acids is 1. The number of esters is 1. The molecule has 2 aromatic heterocycles. The second kappa shape index (κ2) is 6.80. The van der Waals surface area contributed by atoms with Crippen molar-refractivity contribution in [2.75, 3.05) is 19.8 Å². The van der Waals surface area contributed by atoms with Gasteiger partial charge in [0.2, 0.25) is 0 Å². The van der Waals surface area contributed by atoms with E-state index in [1.165, 1.54) is 15.8 Å². The summed E-state index contributed by atoms with van der Waals surface area (Å²) in [6, 6.07) is -0.696. The molecule has 7 heteroatoms. The quantitative estimate of drug-likeness (QED) is 0.597. The van der Waals surface area contributed by atoms with Crippen LogP contribution in [-0.2, 0) is 27.1 Å². The Balaban J connectivity index is 1.83. The Labute approximate surface area is 138 Å². The van der Waals surface area contributed by atoms with Crippen LogP contribution in [0.5, 0.6) is 0 Å². The highest BCUT2D eigenvalue weighted by atomic mass is 32.1. The molecule has 0 aliphatic heterocycles. The second-order valence-corrected chi connectivity index (χ2v) is 6.62. The fourth-order valence-electron chi connectivity index (χ4n) is 2.85. The number of aryl methyl sites for hydroxylation is 2. The number of rotatable bonds is 6. The number of hydrogen-bond acceptors (Lipinski definition) is 6. The van der Waals surface area contributed by atoms with E-state index >= 15 is 0 Å². The summed E-state index contributed by atoms with van der Waals surface area (Å²) in [6.45, 7) is 4.67. The van der Waals surface area contributed by atoms with Crippen molar-refractivity contribution < 1.29 is 14.3 Å². The minimum atomic E-state index is -0.696. The molecule has 0 saturated heterocycles. The molecule has 0 saturated carbocycles. The molecule has 1 aliphatic carbocycles. The van der Waals surface area contributed by atoms with Crippen molar-refractivity contribution in [1.29, 1.82) is 0 Å². The molecule has 0 spiro atoms. The fourth-order valence-corrected chi connectivity index (χ4v) is 4.07. The van der Waals surface area contributed by atoms with E-state index in [1.54, 1.807) is 18.3 Å². The summed E-state index contributed by atoms with van der Waals surface area (Å²) in [5.74, 6) is -0.445. The Morgan fingerprint density at radius 1 is 1.43 bits per heavy atom. The van der Waals surface area contributed by atoms with Crippen molar-refractivity contribution in [3.05, 3.63) is 27.1 Å². The van der Waals surface area contributed by atoms with Crippen LogP contribution in [0.3, 0.4) is 0 Å². The molecular formula is C16H20N2O4S. The van der Waals surface area contributed by atoms with Crippen molar-refractivity contribution in [3.63, 3.8) is 0 Å². The highest BCUT2D eigenvalue weighted by Gasteiger charge is 2.24. The normalized spacial score (nSPS) is 14.9. The van der Waals surface area contributed by atoms with E-state index in [-0.39, 0.29) is 12.2 Å². The molecule has 124 valence electrons. The predicted molar refractivity (Wildman–Crippen MR) is 88.1 cm³/mol. The molecular weight excluding hydrogens is 316 g/mol. The lowest BCUT2D eigenvalue weighted by molar-refractivity contribution is -0.148. The van der Waals surface area contributed by atoms with Crippen LogP contribution in [0.1, 0.15) is 36.8 Å². The maximum Gasteiger partial charge on any atom is 0.329 e. The first-order chi connectivity index (χ1) is 11.1. The lowest BCUT2D eigenvalue weighted by Gasteiger charge is -2.14. The summed E-state index contributed by atoms with van der Waals surface area (Å²) in [5.41, 5.74) is 0.970. The van der Waals surface area contributed by atoms with E-state index < -0.39 is 12.0 Å². The van der Waals surface area contributed by atoms with Crippen LogP contribution >= 0.6 is 11.3 Å². The summed E-state index contributed by atoms with van der Waals surface area (Å²) in [7, 11) is 0. The Morgan fingerprint density at radius 3 is 3.04 bits per heavy atom. The van der Waals surface area contributed by atoms with Gasteiger partial charge in [0.05, 0.1) is 18.3 Å². The lowest BCUT2D eigenvalue weighted by atomic mass is 10.2. The molecule has 23 heavy (non-hydrogen) atoms. The van der Waals surface area contributed by atoms with Crippen molar-refractivity contribution in [1.82, 2.24) is 9.55 Å². The van der Waals surface area contributed by atoms with Crippen LogP contribution in [0.15, 0.2) is 11.1 Å². The molecule has 0 radical (unpaired) electrons. The highest BCUT2D eigenvalue weighted by Crippen LogP contribution is 2.34. The Bertz CT molecular complexity index is 780. The van der Waals surface area contributed by atoms with Crippen LogP contribution in [-0.4, -0.2) is 35.3 Å². The number of ether oxygens (including phenoxy) is 2. The van der Waals surface area contributed by atoms with Crippen molar-refractivity contribution in [2.24, 2.45) is 0 Å². The molecule has 6 nitrogen and oxygen atoms in total. The largest absolute Gasteiger partial charge is 0.462 e. The SMILES string of the molecule is CCOCCOC(=O)C(C)n1cnc2sc3c(c2c1=O)CCC3. The van der Waals surface area contributed by atoms with Crippen LogP contribution in [0.25, 0.3) is 10.2 Å². The zero-order chi connectivity index (χ0) is 16.4. The standard InChI is InChI=1S/C16H20N2O4S/c1-3-21-7-8-22-16(20)10(2)18-9-17-14-13(15(18)19)11-5-4-6-12(11)23-14/h9-10H,3-8H2,1-2H3. The smallest absolute Gasteiger partial charge is 0.329 e. The lowest BCUT2D eigenvalue weighted by Crippen LogP contribution is -2.30. The minimum absolute atomic E-state index is 0.149. The summed E-state index contributed by atoms with van der Waals surface area (Å²) in [4.78, 5) is 31.3. The van der Waals surface area contributed by atoms with Crippen LogP contribution in [0, 0.1) is 0 Å². The number of fused-ring (bicyclic) bond motifs is 3.